The van der Waals surface area contributed by atoms with Crippen LogP contribution in [0.2, 0.25) is 0 Å². The first-order valence-corrected chi connectivity index (χ1v) is 9.36. The maximum Gasteiger partial charge on any atom is 0.293 e. The summed E-state index contributed by atoms with van der Waals surface area (Å²) < 4.78 is 7.43. The van der Waals surface area contributed by atoms with Crippen molar-refractivity contribution in [3.63, 3.8) is 0 Å². The third-order valence-corrected chi connectivity index (χ3v) is 5.30. The van der Waals surface area contributed by atoms with Crippen molar-refractivity contribution in [2.75, 3.05) is 13.7 Å². The molecule has 0 spiro atoms. The Bertz CT molecular complexity index is 898. The number of thioether (sulfide) groups is 1. The first kappa shape index (κ1) is 18.3. The zero-order chi connectivity index (χ0) is 18.8. The lowest BCUT2D eigenvalue weighted by atomic mass is 10.2. The summed E-state index contributed by atoms with van der Waals surface area (Å²) in [5, 5.41) is -0.190. The van der Waals surface area contributed by atoms with Gasteiger partial charge in [0.25, 0.3) is 11.1 Å². The van der Waals surface area contributed by atoms with Crippen LogP contribution in [0.5, 0.6) is 5.75 Å². The lowest BCUT2D eigenvalue weighted by Crippen LogP contribution is -2.28. The van der Waals surface area contributed by atoms with E-state index in [2.05, 4.69) is 4.57 Å². The molecule has 5 nitrogen and oxygen atoms in total. The van der Waals surface area contributed by atoms with Crippen LogP contribution < -0.4 is 4.74 Å². The molecular formula is C20H22N2O3S. The van der Waals surface area contributed by atoms with E-state index >= 15 is 0 Å². The highest BCUT2D eigenvalue weighted by Crippen LogP contribution is 2.34. The fraction of sp³-hybridized carbons (Fsp3) is 0.300. The summed E-state index contributed by atoms with van der Waals surface area (Å²) in [5.41, 5.74) is 4.00. The van der Waals surface area contributed by atoms with Crippen molar-refractivity contribution in [2.45, 2.75) is 27.2 Å². The first-order valence-electron chi connectivity index (χ1n) is 8.55. The third kappa shape index (κ3) is 3.29. The van der Waals surface area contributed by atoms with Gasteiger partial charge in [0.05, 0.1) is 12.0 Å². The maximum atomic E-state index is 12.5. The number of rotatable bonds is 5. The van der Waals surface area contributed by atoms with Crippen molar-refractivity contribution in [3.8, 4) is 11.4 Å². The molecule has 1 aliphatic rings. The average Bonchev–Trinajstić information content (AvgIpc) is 3.05. The molecule has 1 saturated heterocycles. The maximum absolute atomic E-state index is 12.5. The van der Waals surface area contributed by atoms with Crippen molar-refractivity contribution in [3.05, 3.63) is 52.2 Å². The molecule has 0 aliphatic carbocycles. The third-order valence-electron chi connectivity index (χ3n) is 4.39. The van der Waals surface area contributed by atoms with Gasteiger partial charge in [0.2, 0.25) is 0 Å². The Balaban J connectivity index is 1.98. The minimum absolute atomic E-state index is 0.190. The fourth-order valence-corrected chi connectivity index (χ4v) is 3.99. The molecule has 136 valence electrons. The van der Waals surface area contributed by atoms with E-state index in [9.17, 15) is 9.59 Å². The zero-order valence-electron chi connectivity index (χ0n) is 15.4. The van der Waals surface area contributed by atoms with Gasteiger partial charge in [-0.1, -0.05) is 13.0 Å². The lowest BCUT2D eigenvalue weighted by molar-refractivity contribution is -0.122. The minimum Gasteiger partial charge on any atom is -0.497 e. The van der Waals surface area contributed by atoms with Crippen LogP contribution in [0.1, 0.15) is 30.3 Å². The molecule has 2 amide bonds. The largest absolute Gasteiger partial charge is 0.497 e. The van der Waals surface area contributed by atoms with E-state index in [0.29, 0.717) is 11.4 Å². The lowest BCUT2D eigenvalue weighted by Gasteiger charge is -2.11. The number of hydrogen-bond donors (Lipinski definition) is 0. The number of ether oxygens (including phenoxy) is 1. The van der Waals surface area contributed by atoms with Crippen LogP contribution in [0.25, 0.3) is 11.8 Å². The van der Waals surface area contributed by atoms with Gasteiger partial charge < -0.3 is 9.30 Å². The number of nitrogens with zero attached hydrogens (tertiary/aromatic N) is 2. The number of aryl methyl sites for hydroxylation is 1. The molecule has 0 saturated carbocycles. The highest BCUT2D eigenvalue weighted by Gasteiger charge is 2.34. The second kappa shape index (κ2) is 7.41. The fourth-order valence-electron chi connectivity index (χ4n) is 3.14. The zero-order valence-corrected chi connectivity index (χ0v) is 16.2. The van der Waals surface area contributed by atoms with Gasteiger partial charge in [0, 0.05) is 29.7 Å². The Morgan fingerprint density at radius 3 is 2.65 bits per heavy atom. The molecule has 0 bridgehead atoms. The summed E-state index contributed by atoms with van der Waals surface area (Å²) in [7, 11) is 1.65. The molecule has 1 fully saturated rings. The van der Waals surface area contributed by atoms with Crippen LogP contribution in [-0.4, -0.2) is 34.3 Å². The smallest absolute Gasteiger partial charge is 0.293 e. The van der Waals surface area contributed by atoms with Crippen LogP contribution in [0.3, 0.4) is 0 Å². The van der Waals surface area contributed by atoms with E-state index in [1.807, 2.05) is 57.2 Å². The Morgan fingerprint density at radius 1 is 1.19 bits per heavy atom. The first-order chi connectivity index (χ1) is 12.5. The SMILES string of the molecule is CCCN1C(=O)S/C(=C\c2cc(C)n(-c3cccc(OC)c3)c2C)C1=O. The highest BCUT2D eigenvalue weighted by molar-refractivity contribution is 8.18. The Morgan fingerprint density at radius 2 is 1.96 bits per heavy atom. The molecule has 0 radical (unpaired) electrons. The molecule has 2 aromatic rings. The van der Waals surface area contributed by atoms with Crippen LogP contribution in [0, 0.1) is 13.8 Å². The van der Waals surface area contributed by atoms with Crippen LogP contribution in [0.15, 0.2) is 35.2 Å². The summed E-state index contributed by atoms with van der Waals surface area (Å²) in [4.78, 5) is 26.3. The number of imide groups is 1. The normalized spacial score (nSPS) is 16.0. The highest BCUT2D eigenvalue weighted by atomic mass is 32.2. The molecule has 1 aliphatic heterocycles. The molecule has 26 heavy (non-hydrogen) atoms. The quantitative estimate of drug-likeness (QED) is 0.725. The standard InChI is InChI=1S/C20H22N2O3S/c1-5-9-21-19(23)18(26-20(21)24)11-15-10-13(2)22(14(15)3)16-7-6-8-17(12-16)25-4/h6-8,10-12H,5,9H2,1-4H3/b18-11-. The molecule has 3 rings (SSSR count). The molecule has 0 unspecified atom stereocenters. The topological polar surface area (TPSA) is 51.5 Å². The van der Waals surface area contributed by atoms with Gasteiger partial charge in [-0.05, 0) is 61.9 Å². The van der Waals surface area contributed by atoms with E-state index in [1.165, 1.54) is 4.90 Å². The second-order valence-electron chi connectivity index (χ2n) is 6.20. The van der Waals surface area contributed by atoms with E-state index in [1.54, 1.807) is 7.11 Å². The van der Waals surface area contributed by atoms with Gasteiger partial charge in [0.15, 0.2) is 0 Å². The van der Waals surface area contributed by atoms with Crippen molar-refractivity contribution in [2.24, 2.45) is 0 Å². The van der Waals surface area contributed by atoms with E-state index < -0.39 is 0 Å². The van der Waals surface area contributed by atoms with E-state index in [-0.39, 0.29) is 11.1 Å². The predicted molar refractivity (Wildman–Crippen MR) is 105 cm³/mol. The molecule has 0 N–H and O–H groups in total. The summed E-state index contributed by atoms with van der Waals surface area (Å²) in [5.74, 6) is 0.588. The Kier molecular flexibility index (Phi) is 5.23. The predicted octanol–water partition coefficient (Wildman–Crippen LogP) is 4.55. The molecule has 0 atom stereocenters. The summed E-state index contributed by atoms with van der Waals surface area (Å²) in [6.45, 7) is 6.45. The molecule has 2 heterocycles. The monoisotopic (exact) mass is 370 g/mol. The molecule has 1 aromatic heterocycles. The van der Waals surface area contributed by atoms with Gasteiger partial charge >= 0.3 is 0 Å². The van der Waals surface area contributed by atoms with Gasteiger partial charge in [-0.2, -0.15) is 0 Å². The van der Waals surface area contributed by atoms with E-state index in [4.69, 9.17) is 4.74 Å². The summed E-state index contributed by atoms with van der Waals surface area (Å²) in [6, 6.07) is 9.87. The average molecular weight is 370 g/mol. The van der Waals surface area contributed by atoms with Crippen LogP contribution in [-0.2, 0) is 4.79 Å². The van der Waals surface area contributed by atoms with Gasteiger partial charge in [-0.25, -0.2) is 0 Å². The van der Waals surface area contributed by atoms with Crippen molar-refractivity contribution in [1.29, 1.82) is 0 Å². The Hall–Kier alpha value is -2.47. The number of aromatic nitrogens is 1. The number of methoxy groups -OCH3 is 1. The number of carbonyl (C=O) groups is 2. The number of carbonyl (C=O) groups excluding carboxylic acids is 2. The van der Waals surface area contributed by atoms with Gasteiger partial charge in [-0.15, -0.1) is 0 Å². The summed E-state index contributed by atoms with van der Waals surface area (Å²) >= 11 is 1.01. The van der Waals surface area contributed by atoms with Crippen molar-refractivity contribution < 1.29 is 14.3 Å². The second-order valence-corrected chi connectivity index (χ2v) is 7.19. The molecule has 1 aromatic carbocycles. The minimum atomic E-state index is -0.201. The molecular weight excluding hydrogens is 348 g/mol. The van der Waals surface area contributed by atoms with Crippen molar-refractivity contribution >= 4 is 29.0 Å². The number of amides is 2. The van der Waals surface area contributed by atoms with Crippen molar-refractivity contribution in [1.82, 2.24) is 9.47 Å². The number of benzene rings is 1. The summed E-state index contributed by atoms with van der Waals surface area (Å²) in [6.07, 6.45) is 2.58. The molecule has 6 heteroatoms. The van der Waals surface area contributed by atoms with Crippen LogP contribution >= 0.6 is 11.8 Å². The van der Waals surface area contributed by atoms with Gasteiger partial charge in [0.1, 0.15) is 5.75 Å². The van der Waals surface area contributed by atoms with E-state index in [0.717, 1.165) is 46.6 Å². The van der Waals surface area contributed by atoms with Gasteiger partial charge in [-0.3, -0.25) is 14.5 Å². The van der Waals surface area contributed by atoms with Crippen LogP contribution in [0.4, 0.5) is 4.79 Å². The number of hydrogen-bond acceptors (Lipinski definition) is 4. The Labute approximate surface area is 157 Å².